The van der Waals surface area contributed by atoms with Gasteiger partial charge in [0.05, 0.1) is 4.90 Å². The molecule has 0 bridgehead atoms. The number of benzene rings is 3. The van der Waals surface area contributed by atoms with E-state index < -0.39 is 10.0 Å². The SMILES string of the molecule is Cc1ccc(S(=O)(=O)NC(CCSc2nnc(-c3ccccc3C)o2)c2ccccc2)cc1. The third-order valence-electron chi connectivity index (χ3n) is 5.24. The first-order chi connectivity index (χ1) is 15.9. The second-order valence-electron chi connectivity index (χ2n) is 7.72. The molecule has 0 fully saturated rings. The number of nitrogens with one attached hydrogen (secondary N) is 1. The van der Waals surface area contributed by atoms with E-state index in [1.165, 1.54) is 11.8 Å². The van der Waals surface area contributed by atoms with Gasteiger partial charge in [0.25, 0.3) is 5.22 Å². The topological polar surface area (TPSA) is 85.1 Å². The third-order valence-corrected chi connectivity index (χ3v) is 7.58. The summed E-state index contributed by atoms with van der Waals surface area (Å²) in [5.41, 5.74) is 3.88. The molecule has 1 N–H and O–H groups in total. The Morgan fingerprint density at radius 3 is 2.33 bits per heavy atom. The van der Waals surface area contributed by atoms with E-state index in [9.17, 15) is 8.42 Å². The van der Waals surface area contributed by atoms with Gasteiger partial charge in [0.2, 0.25) is 15.9 Å². The number of nitrogens with zero attached hydrogens (tertiary/aromatic N) is 2. The van der Waals surface area contributed by atoms with Gasteiger partial charge in [-0.3, -0.25) is 0 Å². The van der Waals surface area contributed by atoms with Crippen LogP contribution in [0.2, 0.25) is 0 Å². The Kier molecular flexibility index (Phi) is 7.27. The molecule has 170 valence electrons. The summed E-state index contributed by atoms with van der Waals surface area (Å²) < 4.78 is 34.7. The Bertz CT molecular complexity index is 1300. The van der Waals surface area contributed by atoms with Crippen molar-refractivity contribution in [3.63, 3.8) is 0 Å². The first kappa shape index (κ1) is 23.2. The van der Waals surface area contributed by atoms with Gasteiger partial charge < -0.3 is 4.42 Å². The number of aromatic nitrogens is 2. The van der Waals surface area contributed by atoms with Gasteiger partial charge in [-0.15, -0.1) is 10.2 Å². The summed E-state index contributed by atoms with van der Waals surface area (Å²) in [6.45, 7) is 3.92. The van der Waals surface area contributed by atoms with Crippen LogP contribution in [0, 0.1) is 13.8 Å². The van der Waals surface area contributed by atoms with E-state index in [0.717, 1.165) is 22.3 Å². The molecule has 4 aromatic rings. The van der Waals surface area contributed by atoms with Crippen LogP contribution in [0.4, 0.5) is 0 Å². The monoisotopic (exact) mass is 479 g/mol. The fourth-order valence-corrected chi connectivity index (χ4v) is 5.43. The van der Waals surface area contributed by atoms with Crippen molar-refractivity contribution in [1.29, 1.82) is 0 Å². The lowest BCUT2D eigenvalue weighted by atomic mass is 10.1. The van der Waals surface area contributed by atoms with Gasteiger partial charge in [-0.05, 0) is 49.6 Å². The Hall–Kier alpha value is -2.94. The molecule has 1 atom stereocenters. The Labute approximate surface area is 198 Å². The van der Waals surface area contributed by atoms with Crippen LogP contribution < -0.4 is 4.72 Å². The Morgan fingerprint density at radius 2 is 1.61 bits per heavy atom. The van der Waals surface area contributed by atoms with Crippen molar-refractivity contribution in [3.05, 3.63) is 95.6 Å². The van der Waals surface area contributed by atoms with Gasteiger partial charge in [0.15, 0.2) is 0 Å². The van der Waals surface area contributed by atoms with Gasteiger partial charge >= 0.3 is 0 Å². The summed E-state index contributed by atoms with van der Waals surface area (Å²) in [7, 11) is -3.67. The van der Waals surface area contributed by atoms with Crippen molar-refractivity contribution in [2.45, 2.75) is 36.4 Å². The number of sulfonamides is 1. The van der Waals surface area contributed by atoms with Crippen molar-refractivity contribution in [1.82, 2.24) is 14.9 Å². The highest BCUT2D eigenvalue weighted by Crippen LogP contribution is 2.28. The van der Waals surface area contributed by atoms with Crippen LogP contribution in [0.25, 0.3) is 11.5 Å². The minimum Gasteiger partial charge on any atom is -0.411 e. The molecule has 1 unspecified atom stereocenters. The van der Waals surface area contributed by atoms with Gasteiger partial charge in [-0.1, -0.05) is 78.0 Å². The predicted octanol–water partition coefficient (Wildman–Crippen LogP) is 5.56. The Morgan fingerprint density at radius 1 is 0.909 bits per heavy atom. The van der Waals surface area contributed by atoms with E-state index in [2.05, 4.69) is 14.9 Å². The standard InChI is InChI=1S/C25H25N3O3S2/c1-18-12-14-21(15-13-18)33(29,30)28-23(20-9-4-3-5-10-20)16-17-32-25-27-26-24(31-25)22-11-7-6-8-19(22)2/h3-15,23,28H,16-17H2,1-2H3. The van der Waals surface area contributed by atoms with Crippen molar-refractivity contribution in [2.24, 2.45) is 0 Å². The van der Waals surface area contributed by atoms with E-state index in [1.807, 2.05) is 68.4 Å². The maximum absolute atomic E-state index is 13.0. The molecular weight excluding hydrogens is 454 g/mol. The van der Waals surface area contributed by atoms with E-state index in [4.69, 9.17) is 4.42 Å². The molecule has 0 spiro atoms. The lowest BCUT2D eigenvalue weighted by Gasteiger charge is -2.19. The maximum atomic E-state index is 13.0. The van der Waals surface area contributed by atoms with Gasteiger partial charge in [0, 0.05) is 17.4 Å². The van der Waals surface area contributed by atoms with Gasteiger partial charge in [-0.2, -0.15) is 0 Å². The third kappa shape index (κ3) is 5.90. The lowest BCUT2D eigenvalue weighted by molar-refractivity contribution is 0.465. The molecule has 0 aliphatic heterocycles. The average molecular weight is 480 g/mol. The zero-order valence-electron chi connectivity index (χ0n) is 18.4. The van der Waals surface area contributed by atoms with Crippen LogP contribution in [-0.4, -0.2) is 24.4 Å². The van der Waals surface area contributed by atoms with Crippen LogP contribution in [0.15, 0.2) is 93.4 Å². The van der Waals surface area contributed by atoms with Gasteiger partial charge in [0.1, 0.15) is 0 Å². The molecule has 1 heterocycles. The lowest BCUT2D eigenvalue weighted by Crippen LogP contribution is -2.29. The molecular formula is C25H25N3O3S2. The van der Waals surface area contributed by atoms with Crippen molar-refractivity contribution < 1.29 is 12.8 Å². The van der Waals surface area contributed by atoms with E-state index >= 15 is 0 Å². The van der Waals surface area contributed by atoms with E-state index in [0.29, 0.717) is 23.3 Å². The molecule has 0 aliphatic carbocycles. The molecule has 8 heteroatoms. The van der Waals surface area contributed by atoms with E-state index in [-0.39, 0.29) is 10.9 Å². The molecule has 3 aromatic carbocycles. The molecule has 0 aliphatic rings. The fourth-order valence-electron chi connectivity index (χ4n) is 3.41. The maximum Gasteiger partial charge on any atom is 0.276 e. The van der Waals surface area contributed by atoms with Gasteiger partial charge in [-0.25, -0.2) is 13.1 Å². The molecule has 1 aromatic heterocycles. The normalized spacial score (nSPS) is 12.5. The molecule has 4 rings (SSSR count). The first-order valence-electron chi connectivity index (χ1n) is 10.6. The number of hydrogen-bond acceptors (Lipinski definition) is 6. The fraction of sp³-hybridized carbons (Fsp3) is 0.200. The molecule has 0 radical (unpaired) electrons. The largest absolute Gasteiger partial charge is 0.411 e. The van der Waals surface area contributed by atoms with Crippen LogP contribution in [0.1, 0.15) is 29.2 Å². The number of thioether (sulfide) groups is 1. The number of aryl methyl sites for hydroxylation is 2. The summed E-state index contributed by atoms with van der Waals surface area (Å²) in [4.78, 5) is 0.251. The predicted molar refractivity (Wildman–Crippen MR) is 130 cm³/mol. The second-order valence-corrected chi connectivity index (χ2v) is 10.5. The summed E-state index contributed by atoms with van der Waals surface area (Å²) in [5.74, 6) is 1.08. The molecule has 33 heavy (non-hydrogen) atoms. The zero-order valence-corrected chi connectivity index (χ0v) is 20.1. The highest BCUT2D eigenvalue weighted by molar-refractivity contribution is 7.99. The van der Waals surface area contributed by atoms with Crippen LogP contribution >= 0.6 is 11.8 Å². The van der Waals surface area contributed by atoms with Crippen LogP contribution in [-0.2, 0) is 10.0 Å². The molecule has 0 saturated heterocycles. The molecule has 0 amide bonds. The molecule has 6 nitrogen and oxygen atoms in total. The second kappa shape index (κ2) is 10.3. The quantitative estimate of drug-likeness (QED) is 0.317. The Balaban J connectivity index is 1.46. The van der Waals surface area contributed by atoms with Crippen LogP contribution in [0.5, 0.6) is 0 Å². The van der Waals surface area contributed by atoms with Crippen LogP contribution in [0.3, 0.4) is 0 Å². The average Bonchev–Trinajstić information content (AvgIpc) is 3.28. The van der Waals surface area contributed by atoms with Crippen molar-refractivity contribution >= 4 is 21.8 Å². The highest BCUT2D eigenvalue weighted by atomic mass is 32.2. The molecule has 0 saturated carbocycles. The highest BCUT2D eigenvalue weighted by Gasteiger charge is 2.22. The van der Waals surface area contributed by atoms with Crippen molar-refractivity contribution in [2.75, 3.05) is 5.75 Å². The smallest absolute Gasteiger partial charge is 0.276 e. The first-order valence-corrected chi connectivity index (χ1v) is 13.1. The summed E-state index contributed by atoms with van der Waals surface area (Å²) in [6.07, 6.45) is 0.557. The van der Waals surface area contributed by atoms with Crippen molar-refractivity contribution in [3.8, 4) is 11.5 Å². The summed E-state index contributed by atoms with van der Waals surface area (Å²) in [6, 6.07) is 23.9. The number of rotatable bonds is 9. The minimum absolute atomic E-state index is 0.251. The zero-order chi connectivity index (χ0) is 23.3. The summed E-state index contributed by atoms with van der Waals surface area (Å²) in [5, 5.41) is 8.76. The number of hydrogen-bond donors (Lipinski definition) is 1. The van der Waals surface area contributed by atoms with E-state index in [1.54, 1.807) is 24.3 Å². The minimum atomic E-state index is -3.67. The summed E-state index contributed by atoms with van der Waals surface area (Å²) >= 11 is 1.41.